The fourth-order valence-electron chi connectivity index (χ4n) is 1.67. The van der Waals surface area contributed by atoms with Crippen LogP contribution in [-0.2, 0) is 4.74 Å². The first-order chi connectivity index (χ1) is 6.90. The Morgan fingerprint density at radius 1 is 1.43 bits per heavy atom. The molecule has 3 heteroatoms. The van der Waals surface area contributed by atoms with Crippen molar-refractivity contribution in [2.24, 2.45) is 0 Å². The molecular formula is C11H12N2O. The van der Waals surface area contributed by atoms with Crippen molar-refractivity contribution in [2.45, 2.75) is 25.4 Å². The van der Waals surface area contributed by atoms with Gasteiger partial charge in [0, 0.05) is 6.61 Å². The van der Waals surface area contributed by atoms with E-state index in [1.54, 1.807) is 6.07 Å². The molecule has 1 aromatic rings. The highest BCUT2D eigenvalue weighted by atomic mass is 16.5. The van der Waals surface area contributed by atoms with Crippen LogP contribution in [0.2, 0.25) is 0 Å². The molecule has 1 atom stereocenters. The lowest BCUT2D eigenvalue weighted by molar-refractivity contribution is 0.0123. The van der Waals surface area contributed by atoms with Crippen molar-refractivity contribution in [1.82, 2.24) is 4.98 Å². The van der Waals surface area contributed by atoms with Gasteiger partial charge in [0.1, 0.15) is 11.8 Å². The molecule has 2 rings (SSSR count). The monoisotopic (exact) mass is 188 g/mol. The van der Waals surface area contributed by atoms with Gasteiger partial charge in [-0.05, 0) is 31.4 Å². The van der Waals surface area contributed by atoms with E-state index in [-0.39, 0.29) is 6.10 Å². The Balaban J connectivity index is 2.18. The van der Waals surface area contributed by atoms with Gasteiger partial charge in [-0.15, -0.1) is 0 Å². The van der Waals surface area contributed by atoms with E-state index >= 15 is 0 Å². The van der Waals surface area contributed by atoms with Gasteiger partial charge in [-0.1, -0.05) is 6.07 Å². The van der Waals surface area contributed by atoms with Gasteiger partial charge in [0.05, 0.1) is 11.8 Å². The average molecular weight is 188 g/mol. The predicted octanol–water partition coefficient (Wildman–Crippen LogP) is 2.19. The molecule has 3 nitrogen and oxygen atoms in total. The van der Waals surface area contributed by atoms with Gasteiger partial charge in [-0.3, -0.25) is 0 Å². The van der Waals surface area contributed by atoms with Crippen LogP contribution in [0, 0.1) is 11.3 Å². The molecule has 14 heavy (non-hydrogen) atoms. The minimum absolute atomic E-state index is 0.0945. The van der Waals surface area contributed by atoms with Gasteiger partial charge >= 0.3 is 0 Å². The van der Waals surface area contributed by atoms with E-state index in [9.17, 15) is 0 Å². The maximum Gasteiger partial charge on any atom is 0.140 e. The standard InChI is InChI=1S/C11H12N2O/c12-8-9-4-3-5-10(13-9)11-6-1-2-7-14-11/h3-5,11H,1-2,6-7H2. The van der Waals surface area contributed by atoms with Crippen LogP contribution in [0.4, 0.5) is 0 Å². The van der Waals surface area contributed by atoms with Crippen molar-refractivity contribution in [3.8, 4) is 6.07 Å². The van der Waals surface area contributed by atoms with E-state index in [1.165, 1.54) is 6.42 Å². The minimum atomic E-state index is 0.0945. The van der Waals surface area contributed by atoms with Crippen molar-refractivity contribution in [3.63, 3.8) is 0 Å². The Kier molecular flexibility index (Phi) is 2.76. The van der Waals surface area contributed by atoms with Crippen molar-refractivity contribution in [2.75, 3.05) is 6.61 Å². The van der Waals surface area contributed by atoms with Crippen LogP contribution < -0.4 is 0 Å². The average Bonchev–Trinajstić information content (AvgIpc) is 2.30. The summed E-state index contributed by atoms with van der Waals surface area (Å²) >= 11 is 0. The summed E-state index contributed by atoms with van der Waals surface area (Å²) in [5.41, 5.74) is 1.36. The second-order valence-electron chi connectivity index (χ2n) is 3.41. The second-order valence-corrected chi connectivity index (χ2v) is 3.41. The third-order valence-corrected chi connectivity index (χ3v) is 2.39. The Hall–Kier alpha value is -1.40. The summed E-state index contributed by atoms with van der Waals surface area (Å²) in [6, 6.07) is 7.54. The third-order valence-electron chi connectivity index (χ3n) is 2.39. The number of hydrogen-bond donors (Lipinski definition) is 0. The topological polar surface area (TPSA) is 45.9 Å². The van der Waals surface area contributed by atoms with Crippen LogP contribution in [0.15, 0.2) is 18.2 Å². The summed E-state index contributed by atoms with van der Waals surface area (Å²) in [5.74, 6) is 0. The zero-order chi connectivity index (χ0) is 9.80. The molecule has 1 aliphatic heterocycles. The van der Waals surface area contributed by atoms with Crippen LogP contribution in [0.3, 0.4) is 0 Å². The molecule has 0 spiro atoms. The van der Waals surface area contributed by atoms with Gasteiger partial charge in [0.25, 0.3) is 0 Å². The molecule has 0 radical (unpaired) electrons. The number of pyridine rings is 1. The molecule has 72 valence electrons. The molecule has 0 amide bonds. The van der Waals surface area contributed by atoms with Gasteiger partial charge in [-0.2, -0.15) is 5.26 Å². The van der Waals surface area contributed by atoms with Crippen LogP contribution >= 0.6 is 0 Å². The van der Waals surface area contributed by atoms with Crippen LogP contribution in [0.1, 0.15) is 36.8 Å². The maximum absolute atomic E-state index is 8.71. The van der Waals surface area contributed by atoms with Crippen molar-refractivity contribution >= 4 is 0 Å². The van der Waals surface area contributed by atoms with Crippen LogP contribution in [0.5, 0.6) is 0 Å². The highest BCUT2D eigenvalue weighted by Crippen LogP contribution is 2.26. The summed E-state index contributed by atoms with van der Waals surface area (Å²) in [6.07, 6.45) is 3.43. The van der Waals surface area contributed by atoms with Crippen LogP contribution in [-0.4, -0.2) is 11.6 Å². The van der Waals surface area contributed by atoms with E-state index in [4.69, 9.17) is 10.00 Å². The molecule has 1 fully saturated rings. The number of nitriles is 1. The summed E-state index contributed by atoms with van der Waals surface area (Å²) < 4.78 is 5.59. The van der Waals surface area contributed by atoms with Crippen molar-refractivity contribution in [1.29, 1.82) is 5.26 Å². The van der Waals surface area contributed by atoms with Crippen LogP contribution in [0.25, 0.3) is 0 Å². The lowest BCUT2D eigenvalue weighted by Gasteiger charge is -2.21. The first-order valence-corrected chi connectivity index (χ1v) is 4.89. The Labute approximate surface area is 83.3 Å². The maximum atomic E-state index is 8.71. The van der Waals surface area contributed by atoms with E-state index in [0.29, 0.717) is 5.69 Å². The smallest absolute Gasteiger partial charge is 0.140 e. The second kappa shape index (κ2) is 4.21. The van der Waals surface area contributed by atoms with Gasteiger partial charge in [-0.25, -0.2) is 4.98 Å². The third kappa shape index (κ3) is 1.91. The molecule has 0 aliphatic carbocycles. The predicted molar refractivity (Wildman–Crippen MR) is 51.5 cm³/mol. The number of aromatic nitrogens is 1. The fraction of sp³-hybridized carbons (Fsp3) is 0.455. The molecule has 1 unspecified atom stereocenters. The number of hydrogen-bond acceptors (Lipinski definition) is 3. The molecule has 0 saturated carbocycles. The minimum Gasteiger partial charge on any atom is -0.372 e. The molecule has 1 aromatic heterocycles. The normalized spacial score (nSPS) is 21.5. The molecule has 0 bridgehead atoms. The highest BCUT2D eigenvalue weighted by Gasteiger charge is 2.17. The summed E-state index contributed by atoms with van der Waals surface area (Å²) in [4.78, 5) is 4.23. The van der Waals surface area contributed by atoms with E-state index in [2.05, 4.69) is 4.98 Å². The number of rotatable bonds is 1. The summed E-state index contributed by atoms with van der Waals surface area (Å²) in [5, 5.41) is 8.71. The lowest BCUT2D eigenvalue weighted by atomic mass is 10.1. The first kappa shape index (κ1) is 9.17. The quantitative estimate of drug-likeness (QED) is 0.678. The molecular weight excluding hydrogens is 176 g/mol. The van der Waals surface area contributed by atoms with Crippen molar-refractivity contribution < 1.29 is 4.74 Å². The molecule has 0 N–H and O–H groups in total. The van der Waals surface area contributed by atoms with Gasteiger partial charge < -0.3 is 4.74 Å². The van der Waals surface area contributed by atoms with E-state index < -0.39 is 0 Å². The Bertz CT molecular complexity index is 351. The zero-order valence-corrected chi connectivity index (χ0v) is 7.94. The molecule has 1 saturated heterocycles. The summed E-state index contributed by atoms with van der Waals surface area (Å²) in [6.45, 7) is 0.809. The fourth-order valence-corrected chi connectivity index (χ4v) is 1.67. The number of nitrogens with zero attached hydrogens (tertiary/aromatic N) is 2. The van der Waals surface area contributed by atoms with Gasteiger partial charge in [0.15, 0.2) is 0 Å². The largest absolute Gasteiger partial charge is 0.372 e. The molecule has 0 aromatic carbocycles. The Morgan fingerprint density at radius 3 is 3.07 bits per heavy atom. The first-order valence-electron chi connectivity index (χ1n) is 4.89. The van der Waals surface area contributed by atoms with E-state index in [1.807, 2.05) is 18.2 Å². The molecule has 1 aliphatic rings. The van der Waals surface area contributed by atoms with Gasteiger partial charge in [0.2, 0.25) is 0 Å². The SMILES string of the molecule is N#Cc1cccc(C2CCCCO2)n1. The van der Waals surface area contributed by atoms with Crippen molar-refractivity contribution in [3.05, 3.63) is 29.6 Å². The molecule has 2 heterocycles. The highest BCUT2D eigenvalue weighted by molar-refractivity contribution is 5.23. The number of ether oxygens (including phenoxy) is 1. The zero-order valence-electron chi connectivity index (χ0n) is 7.94. The van der Waals surface area contributed by atoms with E-state index in [0.717, 1.165) is 25.1 Å². The Morgan fingerprint density at radius 2 is 2.36 bits per heavy atom. The lowest BCUT2D eigenvalue weighted by Crippen LogP contribution is -2.13. The summed E-state index contributed by atoms with van der Waals surface area (Å²) in [7, 11) is 0.